The molecule has 0 fully saturated rings. The van der Waals surface area contributed by atoms with Gasteiger partial charge in [-0.2, -0.15) is 5.10 Å². The number of carbonyl (C=O) groups excluding carboxylic acids is 2. The molecule has 3 aromatic carbocycles. The largest absolute Gasteiger partial charge is 0.490 e. The number of rotatable bonds is 15. The van der Waals surface area contributed by atoms with Gasteiger partial charge in [-0.25, -0.2) is 9.59 Å². The summed E-state index contributed by atoms with van der Waals surface area (Å²) in [6.45, 7) is 8.45. The van der Waals surface area contributed by atoms with Crippen molar-refractivity contribution in [3.8, 4) is 23.0 Å². The first-order chi connectivity index (χ1) is 22.6. The molecule has 3 aromatic rings. The van der Waals surface area contributed by atoms with Crippen molar-refractivity contribution < 1.29 is 38.4 Å². The highest BCUT2D eigenvalue weighted by Gasteiger charge is 2.32. The zero-order chi connectivity index (χ0) is 33.9. The predicted molar refractivity (Wildman–Crippen MR) is 185 cm³/mol. The molecule has 0 unspecified atom stereocenters. The summed E-state index contributed by atoms with van der Waals surface area (Å²) < 4.78 is 29.4. The fraction of sp³-hybridized carbons (Fsp3) is 0.324. The third-order valence-corrected chi connectivity index (χ3v) is 7.75. The summed E-state index contributed by atoms with van der Waals surface area (Å²) in [5.74, 6) is 1.41. The maximum Gasteiger partial charge on any atom is 0.337 e. The number of halogens is 1. The van der Waals surface area contributed by atoms with E-state index < -0.39 is 24.3 Å². The average Bonchev–Trinajstić information content (AvgIpc) is 3.04. The van der Waals surface area contributed by atoms with Gasteiger partial charge in [0, 0.05) is 5.70 Å². The minimum atomic E-state index is -1.15. The number of aryl methyl sites for hydroxylation is 1. The molecule has 0 radical (unpaired) electrons. The van der Waals surface area contributed by atoms with E-state index in [1.807, 2.05) is 57.2 Å². The summed E-state index contributed by atoms with van der Waals surface area (Å²) >= 11 is 2.20. The van der Waals surface area contributed by atoms with Crippen LogP contribution in [0, 0.1) is 10.5 Å². The zero-order valence-corrected chi connectivity index (χ0v) is 29.0. The van der Waals surface area contributed by atoms with E-state index in [0.717, 1.165) is 14.7 Å². The molecular formula is C34H39IN4O8. The highest BCUT2D eigenvalue weighted by Crippen LogP contribution is 2.36. The lowest BCUT2D eigenvalue weighted by Crippen LogP contribution is -2.45. The number of benzene rings is 3. The highest BCUT2D eigenvalue weighted by atomic mass is 127. The number of hydrogen-bond donors (Lipinski definition) is 4. The molecule has 2 amide bonds. The van der Waals surface area contributed by atoms with Gasteiger partial charge in [-0.15, -0.1) is 0 Å². The second-order valence-corrected chi connectivity index (χ2v) is 11.6. The van der Waals surface area contributed by atoms with Gasteiger partial charge in [0.2, 0.25) is 0 Å². The van der Waals surface area contributed by atoms with Gasteiger partial charge < -0.3 is 39.4 Å². The molecule has 0 spiro atoms. The molecule has 0 saturated carbocycles. The number of methoxy groups -OCH3 is 1. The van der Waals surface area contributed by atoms with Gasteiger partial charge in [-0.3, -0.25) is 5.43 Å². The summed E-state index contributed by atoms with van der Waals surface area (Å²) in [7, 11) is 1.28. The summed E-state index contributed by atoms with van der Waals surface area (Å²) in [5, 5.41) is 20.1. The lowest BCUT2D eigenvalue weighted by molar-refractivity contribution is -0.136. The number of aliphatic hydroxyl groups is 1. The minimum Gasteiger partial charge on any atom is -0.490 e. The Labute approximate surface area is 287 Å². The van der Waals surface area contributed by atoms with Crippen LogP contribution in [0.25, 0.3) is 0 Å². The van der Waals surface area contributed by atoms with Crippen LogP contribution in [0.2, 0.25) is 0 Å². The van der Waals surface area contributed by atoms with Crippen molar-refractivity contribution in [1.29, 1.82) is 0 Å². The fourth-order valence-corrected chi connectivity index (χ4v) is 5.51. The smallest absolute Gasteiger partial charge is 0.337 e. The van der Waals surface area contributed by atoms with Gasteiger partial charge in [0.05, 0.1) is 41.7 Å². The van der Waals surface area contributed by atoms with Crippen molar-refractivity contribution >= 4 is 40.8 Å². The van der Waals surface area contributed by atoms with E-state index in [4.69, 9.17) is 23.7 Å². The second kappa shape index (κ2) is 16.9. The van der Waals surface area contributed by atoms with Crippen molar-refractivity contribution in [2.45, 2.75) is 46.6 Å². The Morgan fingerprint density at radius 2 is 1.72 bits per heavy atom. The van der Waals surface area contributed by atoms with Crippen LogP contribution in [-0.2, 0) is 16.1 Å². The molecule has 0 saturated heterocycles. The Hall–Kier alpha value is -4.50. The molecule has 2 atom stereocenters. The van der Waals surface area contributed by atoms with Crippen molar-refractivity contribution in [1.82, 2.24) is 16.1 Å². The molecule has 4 N–H and O–H groups in total. The molecule has 1 heterocycles. The van der Waals surface area contributed by atoms with Crippen LogP contribution in [0.1, 0.15) is 49.1 Å². The SMILES string of the molecule is CCOc1cc([C@H]2NC(=O)NC(C)=C2C(=O)OC)ccc1OC[C@@H](O)N/N=C\c1cc(I)c(OCc2ccc(C)cc2)c(OCC)c1. The van der Waals surface area contributed by atoms with Crippen LogP contribution in [0.15, 0.2) is 71.0 Å². The van der Waals surface area contributed by atoms with E-state index in [-0.39, 0.29) is 12.2 Å². The average molecular weight is 759 g/mol. The van der Waals surface area contributed by atoms with Crippen molar-refractivity contribution in [2.24, 2.45) is 5.10 Å². The van der Waals surface area contributed by atoms with Crippen LogP contribution in [0.4, 0.5) is 4.79 Å². The van der Waals surface area contributed by atoms with Gasteiger partial charge in [0.25, 0.3) is 0 Å². The lowest BCUT2D eigenvalue weighted by Gasteiger charge is -2.28. The monoisotopic (exact) mass is 758 g/mol. The summed E-state index contributed by atoms with van der Waals surface area (Å²) in [6.07, 6.45) is 0.419. The number of urea groups is 1. The van der Waals surface area contributed by atoms with Gasteiger partial charge >= 0.3 is 12.0 Å². The Kier molecular flexibility index (Phi) is 12.7. The van der Waals surface area contributed by atoms with Gasteiger partial charge in [-0.05, 0) is 91.2 Å². The standard InChI is InChI=1S/C34H39IN4O8/c1-6-44-27-16-24(31-30(33(41)43-5)21(4)37-34(42)38-31)12-13-26(27)46-19-29(40)39-36-17-23-14-25(35)32(28(15-23)45-7-2)47-18-22-10-8-20(3)9-11-22/h8-17,29,31,39-40H,6-7,18-19H2,1-5H3,(H2,37,38,42)/b36-17-/t29-,31-/m1/s1. The number of aliphatic hydroxyl groups excluding tert-OH is 1. The normalized spacial score (nSPS) is 15.0. The van der Waals surface area contributed by atoms with E-state index in [2.05, 4.69) is 43.8 Å². The van der Waals surface area contributed by atoms with E-state index in [0.29, 0.717) is 54.1 Å². The Balaban J connectivity index is 1.40. The van der Waals surface area contributed by atoms with E-state index in [1.54, 1.807) is 31.3 Å². The Morgan fingerprint density at radius 1 is 1.00 bits per heavy atom. The summed E-state index contributed by atoms with van der Waals surface area (Å²) in [4.78, 5) is 24.7. The third-order valence-electron chi connectivity index (χ3n) is 6.94. The molecule has 1 aliphatic heterocycles. The molecule has 47 heavy (non-hydrogen) atoms. The van der Waals surface area contributed by atoms with Crippen LogP contribution in [-0.4, -0.2) is 56.5 Å². The van der Waals surface area contributed by atoms with E-state index >= 15 is 0 Å². The van der Waals surface area contributed by atoms with Gasteiger partial charge in [0.15, 0.2) is 29.2 Å². The number of hydrazone groups is 1. The zero-order valence-electron chi connectivity index (χ0n) is 26.9. The number of carbonyl (C=O) groups is 2. The number of esters is 1. The quantitative estimate of drug-likeness (QED) is 0.0547. The van der Waals surface area contributed by atoms with Crippen LogP contribution in [0.5, 0.6) is 23.0 Å². The van der Waals surface area contributed by atoms with Gasteiger partial charge in [0.1, 0.15) is 13.2 Å². The first kappa shape index (κ1) is 35.4. The number of allylic oxidation sites excluding steroid dienone is 1. The number of hydrogen-bond acceptors (Lipinski definition) is 10. The first-order valence-corrected chi connectivity index (χ1v) is 16.1. The maximum atomic E-state index is 12.5. The first-order valence-electron chi connectivity index (χ1n) is 15.0. The van der Waals surface area contributed by atoms with Crippen LogP contribution < -0.4 is 35.0 Å². The lowest BCUT2D eigenvalue weighted by atomic mass is 9.95. The van der Waals surface area contributed by atoms with E-state index in [1.165, 1.54) is 12.7 Å². The molecule has 0 bridgehead atoms. The number of nitrogens with zero attached hydrogens (tertiary/aromatic N) is 1. The Bertz CT molecular complexity index is 1630. The number of nitrogens with one attached hydrogen (secondary N) is 3. The second-order valence-electron chi connectivity index (χ2n) is 10.5. The minimum absolute atomic E-state index is 0.152. The third kappa shape index (κ3) is 9.51. The molecule has 13 heteroatoms. The molecular weight excluding hydrogens is 719 g/mol. The molecule has 0 aromatic heterocycles. The summed E-state index contributed by atoms with van der Waals surface area (Å²) in [6, 6.07) is 15.7. The maximum absolute atomic E-state index is 12.5. The molecule has 0 aliphatic carbocycles. The van der Waals surface area contributed by atoms with Crippen molar-refractivity contribution in [3.05, 3.63) is 91.7 Å². The Morgan fingerprint density at radius 3 is 2.43 bits per heavy atom. The number of amides is 2. The molecule has 250 valence electrons. The van der Waals surface area contributed by atoms with Crippen molar-refractivity contribution in [2.75, 3.05) is 26.9 Å². The van der Waals surface area contributed by atoms with Gasteiger partial charge in [-0.1, -0.05) is 35.9 Å². The van der Waals surface area contributed by atoms with E-state index in [9.17, 15) is 14.7 Å². The molecule has 4 rings (SSSR count). The van der Waals surface area contributed by atoms with Crippen LogP contribution in [0.3, 0.4) is 0 Å². The molecule has 12 nitrogen and oxygen atoms in total. The number of ether oxygens (including phenoxy) is 5. The van der Waals surface area contributed by atoms with Crippen molar-refractivity contribution in [3.63, 3.8) is 0 Å². The molecule has 1 aliphatic rings. The highest BCUT2D eigenvalue weighted by molar-refractivity contribution is 14.1. The summed E-state index contributed by atoms with van der Waals surface area (Å²) in [5.41, 5.74) is 6.90. The topological polar surface area (TPSA) is 149 Å². The van der Waals surface area contributed by atoms with Crippen LogP contribution >= 0.6 is 22.6 Å². The fourth-order valence-electron chi connectivity index (χ4n) is 4.73. The predicted octanol–water partition coefficient (Wildman–Crippen LogP) is 5.10.